The van der Waals surface area contributed by atoms with E-state index in [0.29, 0.717) is 17.5 Å². The largest absolute Gasteiger partial charge is 0.264 e. The molecule has 2 aromatic heterocycles. The topological polar surface area (TPSA) is 51.6 Å². The first kappa shape index (κ1) is 27.3. The maximum atomic E-state index is 5.16. The molecule has 216 valence electrons. The van der Waals surface area contributed by atoms with Crippen LogP contribution in [0.15, 0.2) is 170 Å². The summed E-state index contributed by atoms with van der Waals surface area (Å²) in [6.45, 7) is 0. The molecular weight excluding hydrogens is 560 g/mol. The van der Waals surface area contributed by atoms with Gasteiger partial charge in [-0.2, -0.15) is 0 Å². The van der Waals surface area contributed by atoms with Crippen molar-refractivity contribution in [2.24, 2.45) is 0 Å². The molecule has 2 heterocycles. The Morgan fingerprint density at radius 3 is 1.48 bits per heavy atom. The third-order valence-corrected chi connectivity index (χ3v) is 8.28. The van der Waals surface area contributed by atoms with E-state index in [4.69, 9.17) is 15.0 Å². The molecule has 6 aromatic carbocycles. The Balaban J connectivity index is 1.29. The van der Waals surface area contributed by atoms with E-state index >= 15 is 0 Å². The van der Waals surface area contributed by atoms with Crippen LogP contribution in [0.1, 0.15) is 0 Å². The summed E-state index contributed by atoms with van der Waals surface area (Å²) in [7, 11) is 0. The molecule has 0 N–H and O–H groups in total. The Labute approximate surface area is 267 Å². The smallest absolute Gasteiger partial charge is 0.164 e. The third-order valence-electron chi connectivity index (χ3n) is 8.28. The van der Waals surface area contributed by atoms with E-state index < -0.39 is 0 Å². The maximum Gasteiger partial charge on any atom is 0.164 e. The van der Waals surface area contributed by atoms with Crippen molar-refractivity contribution in [1.29, 1.82) is 0 Å². The lowest BCUT2D eigenvalue weighted by atomic mass is 9.93. The summed E-state index contributed by atoms with van der Waals surface area (Å²) in [4.78, 5) is 19.5. The summed E-state index contributed by atoms with van der Waals surface area (Å²) in [6.07, 6.45) is 3.69. The quantitative estimate of drug-likeness (QED) is 0.194. The van der Waals surface area contributed by atoms with Gasteiger partial charge in [0, 0.05) is 29.1 Å². The molecule has 0 fully saturated rings. The summed E-state index contributed by atoms with van der Waals surface area (Å²) in [6, 6.07) is 54.3. The van der Waals surface area contributed by atoms with E-state index in [2.05, 4.69) is 114 Å². The average molecular weight is 589 g/mol. The van der Waals surface area contributed by atoms with Crippen LogP contribution >= 0.6 is 0 Å². The lowest BCUT2D eigenvalue weighted by molar-refractivity contribution is 1.08. The minimum Gasteiger partial charge on any atom is -0.264 e. The number of hydrogen-bond donors (Lipinski definition) is 0. The predicted octanol–water partition coefficient (Wildman–Crippen LogP) is 10.4. The summed E-state index contributed by atoms with van der Waals surface area (Å²) < 4.78 is 0. The molecule has 8 rings (SSSR count). The van der Waals surface area contributed by atoms with Crippen LogP contribution < -0.4 is 0 Å². The SMILES string of the molecule is c1ccc(-c2nc(-c3ccccc3-c3ccccc3)nc(-c3ccc(-c4ccc(-c5cccnc5)cc4)c4ccccc34)n2)cc1. The summed E-state index contributed by atoms with van der Waals surface area (Å²) >= 11 is 0. The van der Waals surface area contributed by atoms with E-state index in [1.807, 2.05) is 54.7 Å². The number of aromatic nitrogens is 4. The Morgan fingerprint density at radius 1 is 0.283 bits per heavy atom. The highest BCUT2D eigenvalue weighted by Crippen LogP contribution is 2.37. The third kappa shape index (κ3) is 5.23. The maximum absolute atomic E-state index is 5.16. The van der Waals surface area contributed by atoms with Gasteiger partial charge >= 0.3 is 0 Å². The fourth-order valence-electron chi connectivity index (χ4n) is 6.00. The minimum atomic E-state index is 0.640. The predicted molar refractivity (Wildman–Crippen MR) is 188 cm³/mol. The molecule has 0 spiro atoms. The van der Waals surface area contributed by atoms with Gasteiger partial charge in [0.25, 0.3) is 0 Å². The molecule has 0 amide bonds. The molecule has 0 aliphatic rings. The lowest BCUT2D eigenvalue weighted by Crippen LogP contribution is -2.01. The molecular formula is C42H28N4. The van der Waals surface area contributed by atoms with Crippen molar-refractivity contribution < 1.29 is 0 Å². The summed E-state index contributed by atoms with van der Waals surface area (Å²) in [5, 5.41) is 2.23. The first-order valence-electron chi connectivity index (χ1n) is 15.3. The van der Waals surface area contributed by atoms with Crippen molar-refractivity contribution in [1.82, 2.24) is 19.9 Å². The van der Waals surface area contributed by atoms with Crippen molar-refractivity contribution >= 4 is 10.8 Å². The monoisotopic (exact) mass is 588 g/mol. The number of hydrogen-bond acceptors (Lipinski definition) is 4. The van der Waals surface area contributed by atoms with Gasteiger partial charge in [-0.25, -0.2) is 15.0 Å². The van der Waals surface area contributed by atoms with Gasteiger partial charge in [0.1, 0.15) is 0 Å². The molecule has 0 unspecified atom stereocenters. The van der Waals surface area contributed by atoms with Crippen molar-refractivity contribution in [3.8, 4) is 67.5 Å². The number of benzene rings is 6. The second-order valence-electron chi connectivity index (χ2n) is 11.1. The normalized spacial score (nSPS) is 11.0. The molecule has 0 radical (unpaired) electrons. The number of fused-ring (bicyclic) bond motifs is 1. The molecule has 0 aliphatic heterocycles. The second-order valence-corrected chi connectivity index (χ2v) is 11.1. The standard InChI is InChI=1S/C42H28N4/c1-3-12-30(13-4-1)34-17-7-10-20-38(34)41-44-40(32-14-5-2-6-15-32)45-42(46-41)39-26-25-35(36-18-8-9-19-37(36)39)31-23-21-29(22-24-31)33-16-11-27-43-28-33/h1-28H. The Bertz CT molecular complexity index is 2280. The van der Waals surface area contributed by atoms with E-state index in [1.54, 1.807) is 6.20 Å². The van der Waals surface area contributed by atoms with Crippen LogP contribution in [0.5, 0.6) is 0 Å². The van der Waals surface area contributed by atoms with Crippen molar-refractivity contribution in [3.63, 3.8) is 0 Å². The van der Waals surface area contributed by atoms with Gasteiger partial charge in [-0.05, 0) is 56.3 Å². The van der Waals surface area contributed by atoms with E-state index in [-0.39, 0.29) is 0 Å². The molecule has 4 nitrogen and oxygen atoms in total. The molecule has 8 aromatic rings. The van der Waals surface area contributed by atoms with Gasteiger partial charge in [-0.1, -0.05) is 146 Å². The van der Waals surface area contributed by atoms with Gasteiger partial charge in [-0.3, -0.25) is 4.98 Å². The van der Waals surface area contributed by atoms with Gasteiger partial charge in [-0.15, -0.1) is 0 Å². The number of nitrogens with zero attached hydrogens (tertiary/aromatic N) is 4. The fraction of sp³-hybridized carbons (Fsp3) is 0. The summed E-state index contributed by atoms with van der Waals surface area (Å²) in [5.74, 6) is 1.92. The van der Waals surface area contributed by atoms with Crippen molar-refractivity contribution in [2.75, 3.05) is 0 Å². The molecule has 4 heteroatoms. The van der Waals surface area contributed by atoms with Gasteiger partial charge in [0.05, 0.1) is 0 Å². The van der Waals surface area contributed by atoms with E-state index in [0.717, 1.165) is 60.8 Å². The van der Waals surface area contributed by atoms with Gasteiger partial charge in [0.15, 0.2) is 17.5 Å². The zero-order valence-corrected chi connectivity index (χ0v) is 25.0. The van der Waals surface area contributed by atoms with Crippen LogP contribution in [0.25, 0.3) is 78.3 Å². The minimum absolute atomic E-state index is 0.640. The Kier molecular flexibility index (Phi) is 7.14. The van der Waals surface area contributed by atoms with Crippen LogP contribution in [-0.2, 0) is 0 Å². The summed E-state index contributed by atoms with van der Waals surface area (Å²) in [5.41, 5.74) is 9.60. The highest BCUT2D eigenvalue weighted by atomic mass is 15.0. The van der Waals surface area contributed by atoms with Gasteiger partial charge < -0.3 is 0 Å². The number of rotatable bonds is 6. The van der Waals surface area contributed by atoms with E-state index in [9.17, 15) is 0 Å². The number of pyridine rings is 1. The molecule has 0 aliphatic carbocycles. The highest BCUT2D eigenvalue weighted by Gasteiger charge is 2.18. The molecule has 0 bridgehead atoms. The van der Waals surface area contributed by atoms with Crippen LogP contribution in [0.4, 0.5) is 0 Å². The highest BCUT2D eigenvalue weighted by molar-refractivity contribution is 6.04. The first-order valence-corrected chi connectivity index (χ1v) is 15.3. The Hall–Kier alpha value is -6.26. The molecule has 46 heavy (non-hydrogen) atoms. The zero-order valence-electron chi connectivity index (χ0n) is 25.0. The van der Waals surface area contributed by atoms with Crippen molar-refractivity contribution in [3.05, 3.63) is 170 Å². The molecule has 0 atom stereocenters. The van der Waals surface area contributed by atoms with Crippen LogP contribution in [0.2, 0.25) is 0 Å². The average Bonchev–Trinajstić information content (AvgIpc) is 3.15. The molecule has 0 saturated heterocycles. The van der Waals surface area contributed by atoms with Crippen LogP contribution in [-0.4, -0.2) is 19.9 Å². The second kappa shape index (κ2) is 12.0. The van der Waals surface area contributed by atoms with Crippen LogP contribution in [0, 0.1) is 0 Å². The fourth-order valence-corrected chi connectivity index (χ4v) is 6.00. The lowest BCUT2D eigenvalue weighted by Gasteiger charge is -2.14. The molecule has 0 saturated carbocycles. The van der Waals surface area contributed by atoms with Crippen LogP contribution in [0.3, 0.4) is 0 Å². The zero-order chi connectivity index (χ0) is 30.7. The van der Waals surface area contributed by atoms with Crippen molar-refractivity contribution in [2.45, 2.75) is 0 Å². The Morgan fingerprint density at radius 2 is 0.783 bits per heavy atom. The van der Waals surface area contributed by atoms with Gasteiger partial charge in [0.2, 0.25) is 0 Å². The van der Waals surface area contributed by atoms with E-state index in [1.165, 1.54) is 0 Å². The first-order chi connectivity index (χ1) is 22.8.